The van der Waals surface area contributed by atoms with Crippen LogP contribution in [0.25, 0.3) is 11.3 Å². The van der Waals surface area contributed by atoms with E-state index in [-0.39, 0.29) is 12.4 Å². The van der Waals surface area contributed by atoms with Crippen LogP contribution in [0.3, 0.4) is 0 Å². The van der Waals surface area contributed by atoms with Crippen molar-refractivity contribution in [3.8, 4) is 11.3 Å². The highest BCUT2D eigenvalue weighted by atomic mass is 35.5. The molecule has 114 valence electrons. The molecule has 0 aromatic carbocycles. The minimum Gasteiger partial charge on any atom is -0.356 e. The monoisotopic (exact) mass is 309 g/mol. The molecule has 0 spiro atoms. The molecular weight excluding hydrogens is 290 g/mol. The number of hydrogen-bond acceptors (Lipinski definition) is 6. The molecule has 7 heteroatoms. The Labute approximate surface area is 130 Å². The summed E-state index contributed by atoms with van der Waals surface area (Å²) >= 11 is 0. The summed E-state index contributed by atoms with van der Waals surface area (Å²) in [5.74, 6) is 1.82. The van der Waals surface area contributed by atoms with E-state index in [0.29, 0.717) is 11.9 Å². The van der Waals surface area contributed by atoms with Crippen LogP contribution in [0.1, 0.15) is 30.7 Å². The molecule has 2 aromatic heterocycles. The van der Waals surface area contributed by atoms with Gasteiger partial charge in [-0.15, -0.1) is 12.4 Å². The second kappa shape index (κ2) is 6.87. The first-order valence-corrected chi connectivity index (χ1v) is 7.03. The zero-order valence-electron chi connectivity index (χ0n) is 12.2. The lowest BCUT2D eigenvalue weighted by molar-refractivity contribution is 0.426. The van der Waals surface area contributed by atoms with Crippen molar-refractivity contribution in [3.63, 3.8) is 0 Å². The van der Waals surface area contributed by atoms with Crippen molar-refractivity contribution in [1.82, 2.24) is 20.4 Å². The molecule has 1 atom stereocenters. The summed E-state index contributed by atoms with van der Waals surface area (Å²) in [6, 6.07) is 1.93. The predicted molar refractivity (Wildman–Crippen MR) is 83.9 cm³/mol. The number of aryl methyl sites for hydroxylation is 1. The van der Waals surface area contributed by atoms with Crippen LogP contribution in [-0.2, 0) is 0 Å². The number of rotatable bonds is 4. The van der Waals surface area contributed by atoms with Gasteiger partial charge < -0.3 is 15.2 Å². The summed E-state index contributed by atoms with van der Waals surface area (Å²) in [5, 5.41) is 10.5. The van der Waals surface area contributed by atoms with Gasteiger partial charge in [-0.2, -0.15) is 0 Å². The van der Waals surface area contributed by atoms with Gasteiger partial charge in [-0.3, -0.25) is 0 Å². The Bertz CT molecular complexity index is 595. The maximum absolute atomic E-state index is 5.38. The summed E-state index contributed by atoms with van der Waals surface area (Å²) in [5.41, 5.74) is 2.85. The van der Waals surface area contributed by atoms with E-state index < -0.39 is 0 Å². The highest BCUT2D eigenvalue weighted by Gasteiger charge is 2.24. The Balaban J connectivity index is 0.00000161. The van der Waals surface area contributed by atoms with Gasteiger partial charge in [0.05, 0.1) is 17.0 Å². The van der Waals surface area contributed by atoms with Gasteiger partial charge in [0, 0.05) is 31.3 Å². The van der Waals surface area contributed by atoms with Gasteiger partial charge in [-0.25, -0.2) is 9.97 Å². The molecule has 1 aliphatic rings. The highest BCUT2D eigenvalue weighted by Crippen LogP contribution is 2.31. The third-order valence-electron chi connectivity index (χ3n) is 3.49. The van der Waals surface area contributed by atoms with E-state index in [1.54, 1.807) is 0 Å². The summed E-state index contributed by atoms with van der Waals surface area (Å²) in [7, 11) is 0. The van der Waals surface area contributed by atoms with Crippen LogP contribution in [0.4, 0.5) is 5.95 Å². The van der Waals surface area contributed by atoms with Gasteiger partial charge in [-0.05, 0) is 26.8 Å². The first-order valence-electron chi connectivity index (χ1n) is 7.03. The minimum absolute atomic E-state index is 0. The molecule has 3 rings (SSSR count). The van der Waals surface area contributed by atoms with E-state index >= 15 is 0 Å². The third-order valence-corrected chi connectivity index (χ3v) is 3.49. The second-order valence-corrected chi connectivity index (χ2v) is 5.05. The van der Waals surface area contributed by atoms with Crippen molar-refractivity contribution in [2.24, 2.45) is 0 Å². The molecule has 0 radical (unpaired) electrons. The minimum atomic E-state index is 0. The summed E-state index contributed by atoms with van der Waals surface area (Å²) in [6.45, 7) is 6.73. The van der Waals surface area contributed by atoms with E-state index in [1.165, 1.54) is 0 Å². The zero-order valence-corrected chi connectivity index (χ0v) is 13.0. The van der Waals surface area contributed by atoms with Crippen LogP contribution in [0.2, 0.25) is 0 Å². The van der Waals surface area contributed by atoms with Crippen molar-refractivity contribution in [2.45, 2.75) is 26.2 Å². The first-order chi connectivity index (χ1) is 9.78. The van der Waals surface area contributed by atoms with Crippen LogP contribution in [0, 0.1) is 6.92 Å². The molecule has 2 N–H and O–H groups in total. The van der Waals surface area contributed by atoms with Crippen molar-refractivity contribution < 1.29 is 4.52 Å². The lowest BCUT2D eigenvalue weighted by Crippen LogP contribution is -2.12. The molecule has 2 aromatic rings. The number of hydrogen-bond donors (Lipinski definition) is 2. The standard InChI is InChI=1S/C14H19N5O.ClH/c1-3-16-14-17-8-11(12-6-9(2)19-20-12)13(18-14)10-4-5-15-7-10;/h6,8,10,15H,3-5,7H2,1-2H3,(H,16,17,18);1H. The molecule has 3 heterocycles. The normalized spacial score (nSPS) is 17.5. The van der Waals surface area contributed by atoms with E-state index in [0.717, 1.165) is 48.8 Å². The maximum Gasteiger partial charge on any atom is 0.222 e. The molecule has 0 aliphatic carbocycles. The van der Waals surface area contributed by atoms with Gasteiger partial charge in [0.25, 0.3) is 0 Å². The predicted octanol–water partition coefficient (Wildman–Crippen LogP) is 2.37. The lowest BCUT2D eigenvalue weighted by atomic mass is 9.99. The maximum atomic E-state index is 5.38. The first kappa shape index (κ1) is 15.7. The van der Waals surface area contributed by atoms with E-state index in [1.807, 2.05) is 26.1 Å². The Morgan fingerprint density at radius 1 is 1.48 bits per heavy atom. The van der Waals surface area contributed by atoms with Gasteiger partial charge in [0.2, 0.25) is 5.95 Å². The van der Waals surface area contributed by atoms with Crippen LogP contribution in [0.5, 0.6) is 0 Å². The van der Waals surface area contributed by atoms with Gasteiger partial charge >= 0.3 is 0 Å². The number of halogens is 1. The van der Waals surface area contributed by atoms with Gasteiger partial charge in [0.15, 0.2) is 5.76 Å². The number of nitrogens with zero attached hydrogens (tertiary/aromatic N) is 3. The Morgan fingerprint density at radius 2 is 2.33 bits per heavy atom. The van der Waals surface area contributed by atoms with Crippen LogP contribution >= 0.6 is 12.4 Å². The molecule has 0 amide bonds. The lowest BCUT2D eigenvalue weighted by Gasteiger charge is -2.13. The molecule has 6 nitrogen and oxygen atoms in total. The summed E-state index contributed by atoms with van der Waals surface area (Å²) in [6.07, 6.45) is 2.92. The number of anilines is 1. The Hall–Kier alpha value is -1.66. The van der Waals surface area contributed by atoms with E-state index in [9.17, 15) is 0 Å². The average molecular weight is 310 g/mol. The van der Waals surface area contributed by atoms with Crippen molar-refractivity contribution in [3.05, 3.63) is 23.7 Å². The van der Waals surface area contributed by atoms with Crippen molar-refractivity contribution in [1.29, 1.82) is 0 Å². The van der Waals surface area contributed by atoms with Crippen LogP contribution in [-0.4, -0.2) is 34.8 Å². The number of aromatic nitrogens is 3. The quantitative estimate of drug-likeness (QED) is 0.903. The molecular formula is C14H20ClN5O. The summed E-state index contributed by atoms with van der Waals surface area (Å²) in [4.78, 5) is 9.04. The molecule has 1 saturated heterocycles. The highest BCUT2D eigenvalue weighted by molar-refractivity contribution is 5.85. The van der Waals surface area contributed by atoms with E-state index in [4.69, 9.17) is 4.52 Å². The Kier molecular flexibility index (Phi) is 5.14. The summed E-state index contributed by atoms with van der Waals surface area (Å²) < 4.78 is 5.38. The van der Waals surface area contributed by atoms with Crippen LogP contribution < -0.4 is 10.6 Å². The number of nitrogens with one attached hydrogen (secondary N) is 2. The zero-order chi connectivity index (χ0) is 13.9. The van der Waals surface area contributed by atoms with Gasteiger partial charge in [-0.1, -0.05) is 5.16 Å². The molecule has 1 fully saturated rings. The van der Waals surface area contributed by atoms with E-state index in [2.05, 4.69) is 25.8 Å². The second-order valence-electron chi connectivity index (χ2n) is 5.05. The molecule has 21 heavy (non-hydrogen) atoms. The molecule has 0 bridgehead atoms. The largest absolute Gasteiger partial charge is 0.356 e. The molecule has 1 unspecified atom stereocenters. The fourth-order valence-electron chi connectivity index (χ4n) is 2.52. The average Bonchev–Trinajstić information content (AvgIpc) is 3.10. The third kappa shape index (κ3) is 3.33. The Morgan fingerprint density at radius 3 is 2.95 bits per heavy atom. The fourth-order valence-corrected chi connectivity index (χ4v) is 2.52. The molecule has 0 saturated carbocycles. The SMILES string of the molecule is CCNc1ncc(-c2cc(C)no2)c(C2CCNC2)n1.Cl. The fraction of sp³-hybridized carbons (Fsp3) is 0.500. The smallest absolute Gasteiger partial charge is 0.222 e. The van der Waals surface area contributed by atoms with Crippen molar-refractivity contribution in [2.75, 3.05) is 25.0 Å². The van der Waals surface area contributed by atoms with Crippen molar-refractivity contribution >= 4 is 18.4 Å². The topological polar surface area (TPSA) is 75.9 Å². The molecule has 1 aliphatic heterocycles. The van der Waals surface area contributed by atoms with Crippen LogP contribution in [0.15, 0.2) is 16.8 Å². The van der Waals surface area contributed by atoms with Gasteiger partial charge in [0.1, 0.15) is 0 Å².